The summed E-state index contributed by atoms with van der Waals surface area (Å²) < 4.78 is 26.4. The number of hydrogen-bond acceptors (Lipinski definition) is 4. The van der Waals surface area contributed by atoms with Crippen LogP contribution in [0.5, 0.6) is 0 Å². The normalized spacial score (nSPS) is 17.2. The van der Waals surface area contributed by atoms with E-state index in [-0.39, 0.29) is 4.90 Å². The number of hydrogen-bond donors (Lipinski definition) is 3. The molecule has 0 saturated heterocycles. The van der Waals surface area contributed by atoms with E-state index in [0.29, 0.717) is 29.9 Å². The zero-order valence-electron chi connectivity index (χ0n) is 11.3. The Kier molecular flexibility index (Phi) is 4.01. The minimum absolute atomic E-state index is 0.244. The van der Waals surface area contributed by atoms with Crippen molar-refractivity contribution in [1.29, 1.82) is 0 Å². The molecule has 1 saturated carbocycles. The van der Waals surface area contributed by atoms with Gasteiger partial charge in [0.05, 0.1) is 16.3 Å². The lowest BCUT2D eigenvalue weighted by Crippen LogP contribution is -2.24. The molecule has 1 aliphatic carbocycles. The van der Waals surface area contributed by atoms with Gasteiger partial charge in [-0.05, 0) is 43.9 Å². The fourth-order valence-electron chi connectivity index (χ4n) is 2.06. The first kappa shape index (κ1) is 14.1. The quantitative estimate of drug-likeness (QED) is 0.695. The summed E-state index contributed by atoms with van der Waals surface area (Å²) in [6.07, 6.45) is 2.45. The fourth-order valence-corrected chi connectivity index (χ4v) is 3.13. The molecule has 1 fully saturated rings. The van der Waals surface area contributed by atoms with Crippen LogP contribution < -0.4 is 15.8 Å². The third kappa shape index (κ3) is 3.39. The molecule has 4 N–H and O–H groups in total. The third-order valence-electron chi connectivity index (χ3n) is 3.38. The van der Waals surface area contributed by atoms with Gasteiger partial charge in [-0.1, -0.05) is 6.92 Å². The van der Waals surface area contributed by atoms with Gasteiger partial charge in [0.25, 0.3) is 0 Å². The molecule has 1 aromatic carbocycles. The monoisotopic (exact) mass is 283 g/mol. The number of rotatable bonds is 6. The lowest BCUT2D eigenvalue weighted by atomic mass is 10.2. The van der Waals surface area contributed by atoms with Gasteiger partial charge in [-0.25, -0.2) is 13.1 Å². The van der Waals surface area contributed by atoms with Crippen LogP contribution in [0, 0.1) is 5.92 Å². The van der Waals surface area contributed by atoms with Gasteiger partial charge in [-0.15, -0.1) is 0 Å². The molecule has 2 rings (SSSR count). The Morgan fingerprint density at radius 1 is 1.42 bits per heavy atom. The van der Waals surface area contributed by atoms with Crippen LogP contribution in [0.4, 0.5) is 11.4 Å². The number of anilines is 2. The van der Waals surface area contributed by atoms with Gasteiger partial charge in [0, 0.05) is 12.6 Å². The van der Waals surface area contributed by atoms with Crippen molar-refractivity contribution >= 4 is 21.4 Å². The van der Waals surface area contributed by atoms with Crippen LogP contribution in [-0.2, 0) is 10.0 Å². The Hall–Kier alpha value is -1.27. The summed E-state index contributed by atoms with van der Waals surface area (Å²) in [5, 5.41) is 3.31. The van der Waals surface area contributed by atoms with Crippen molar-refractivity contribution in [1.82, 2.24) is 4.72 Å². The first-order valence-electron chi connectivity index (χ1n) is 6.59. The number of benzene rings is 1. The highest BCUT2D eigenvalue weighted by atomic mass is 32.2. The molecule has 0 spiro atoms. The molecule has 0 aromatic heterocycles. The second-order valence-corrected chi connectivity index (χ2v) is 6.79. The second kappa shape index (κ2) is 5.38. The van der Waals surface area contributed by atoms with Gasteiger partial charge in [0.2, 0.25) is 10.0 Å². The lowest BCUT2D eigenvalue weighted by Gasteiger charge is -2.17. The van der Waals surface area contributed by atoms with Crippen molar-refractivity contribution in [3.63, 3.8) is 0 Å². The number of sulfonamides is 1. The van der Waals surface area contributed by atoms with Crippen LogP contribution >= 0.6 is 0 Å². The highest BCUT2D eigenvalue weighted by molar-refractivity contribution is 7.89. The van der Waals surface area contributed by atoms with Crippen molar-refractivity contribution in [3.05, 3.63) is 18.2 Å². The average Bonchev–Trinajstić information content (AvgIpc) is 3.15. The van der Waals surface area contributed by atoms with Crippen LogP contribution in [-0.4, -0.2) is 21.0 Å². The molecular weight excluding hydrogens is 262 g/mol. The van der Waals surface area contributed by atoms with Crippen molar-refractivity contribution in [2.24, 2.45) is 5.92 Å². The Labute approximate surface area is 114 Å². The predicted octanol–water partition coefficient (Wildman–Crippen LogP) is 1.78. The molecule has 6 heteroatoms. The molecule has 1 unspecified atom stereocenters. The van der Waals surface area contributed by atoms with E-state index in [1.54, 1.807) is 19.1 Å². The molecule has 1 atom stereocenters. The Morgan fingerprint density at radius 3 is 2.68 bits per heavy atom. The summed E-state index contributed by atoms with van der Waals surface area (Å²) in [5.41, 5.74) is 7.16. The van der Waals surface area contributed by atoms with Gasteiger partial charge < -0.3 is 11.1 Å². The highest BCUT2D eigenvalue weighted by Crippen LogP contribution is 2.35. The first-order chi connectivity index (χ1) is 8.94. The van der Waals surface area contributed by atoms with Gasteiger partial charge in [0.15, 0.2) is 0 Å². The van der Waals surface area contributed by atoms with Crippen LogP contribution in [0.1, 0.15) is 26.7 Å². The molecule has 1 aliphatic rings. The van der Waals surface area contributed by atoms with Crippen LogP contribution in [0.3, 0.4) is 0 Å². The molecular formula is C13H21N3O2S. The predicted molar refractivity (Wildman–Crippen MR) is 77.5 cm³/mol. The molecule has 0 bridgehead atoms. The molecule has 0 amide bonds. The molecule has 106 valence electrons. The van der Waals surface area contributed by atoms with E-state index in [0.717, 1.165) is 0 Å². The maximum atomic E-state index is 11.9. The minimum atomic E-state index is -3.44. The van der Waals surface area contributed by atoms with Crippen LogP contribution in [0.15, 0.2) is 23.1 Å². The Bertz CT molecular complexity index is 553. The van der Waals surface area contributed by atoms with E-state index in [1.165, 1.54) is 18.9 Å². The largest absolute Gasteiger partial charge is 0.397 e. The van der Waals surface area contributed by atoms with E-state index >= 15 is 0 Å². The average molecular weight is 283 g/mol. The van der Waals surface area contributed by atoms with Gasteiger partial charge in [-0.3, -0.25) is 0 Å². The zero-order chi connectivity index (χ0) is 14.0. The van der Waals surface area contributed by atoms with Crippen molar-refractivity contribution in [2.75, 3.05) is 17.6 Å². The van der Waals surface area contributed by atoms with Gasteiger partial charge >= 0.3 is 0 Å². The van der Waals surface area contributed by atoms with Crippen molar-refractivity contribution in [2.45, 2.75) is 37.6 Å². The smallest absolute Gasteiger partial charge is 0.240 e. The van der Waals surface area contributed by atoms with Crippen molar-refractivity contribution in [3.8, 4) is 0 Å². The minimum Gasteiger partial charge on any atom is -0.397 e. The summed E-state index contributed by atoms with van der Waals surface area (Å²) >= 11 is 0. The second-order valence-electron chi connectivity index (χ2n) is 5.02. The topological polar surface area (TPSA) is 84.2 Å². The lowest BCUT2D eigenvalue weighted by molar-refractivity contribution is 0.584. The van der Waals surface area contributed by atoms with E-state index in [2.05, 4.69) is 17.0 Å². The Balaban J connectivity index is 2.23. The Morgan fingerprint density at radius 2 is 2.11 bits per heavy atom. The molecule has 19 heavy (non-hydrogen) atoms. The van der Waals surface area contributed by atoms with E-state index in [9.17, 15) is 8.42 Å². The van der Waals surface area contributed by atoms with E-state index in [4.69, 9.17) is 5.73 Å². The van der Waals surface area contributed by atoms with Crippen LogP contribution in [0.2, 0.25) is 0 Å². The fraction of sp³-hybridized carbons (Fsp3) is 0.538. The summed E-state index contributed by atoms with van der Waals surface area (Å²) in [7, 11) is -3.44. The van der Waals surface area contributed by atoms with Crippen LogP contribution in [0.25, 0.3) is 0 Å². The maximum absolute atomic E-state index is 11.9. The molecule has 0 heterocycles. The highest BCUT2D eigenvalue weighted by Gasteiger charge is 2.28. The summed E-state index contributed by atoms with van der Waals surface area (Å²) in [5.74, 6) is 0.674. The van der Waals surface area contributed by atoms with E-state index in [1.807, 2.05) is 0 Å². The molecule has 1 aromatic rings. The summed E-state index contributed by atoms with van der Waals surface area (Å²) in [4.78, 5) is 0.244. The first-order valence-corrected chi connectivity index (χ1v) is 8.08. The number of nitrogens with one attached hydrogen (secondary N) is 2. The van der Waals surface area contributed by atoms with E-state index < -0.39 is 10.0 Å². The van der Waals surface area contributed by atoms with Gasteiger partial charge in [-0.2, -0.15) is 0 Å². The SMILES string of the molecule is CCNS(=O)(=O)c1ccc(N)c(NC(C)C2CC2)c1. The molecule has 5 nitrogen and oxygen atoms in total. The summed E-state index contributed by atoms with van der Waals surface area (Å²) in [6, 6.07) is 5.08. The number of nitrogens with two attached hydrogens (primary N) is 1. The molecule has 0 aliphatic heterocycles. The zero-order valence-corrected chi connectivity index (χ0v) is 12.1. The summed E-state index contributed by atoms with van der Waals surface area (Å²) in [6.45, 7) is 4.22. The maximum Gasteiger partial charge on any atom is 0.240 e. The van der Waals surface area contributed by atoms with Crippen molar-refractivity contribution < 1.29 is 8.42 Å². The molecule has 0 radical (unpaired) electrons. The number of nitrogen functional groups attached to an aromatic ring is 1. The standard InChI is InChI=1S/C13H21N3O2S/c1-3-15-19(17,18)11-6-7-12(14)13(8-11)16-9(2)10-4-5-10/h6-10,15-16H,3-5,14H2,1-2H3. The third-order valence-corrected chi connectivity index (χ3v) is 4.92. The van der Waals surface area contributed by atoms with Gasteiger partial charge in [0.1, 0.15) is 0 Å².